The third kappa shape index (κ3) is 3.19. The Bertz CT molecular complexity index is 399. The SMILES string of the molecule is CCN(CC(=O)c1cccc(C)c1)C(C)=O. The number of hydrogen-bond donors (Lipinski definition) is 0. The summed E-state index contributed by atoms with van der Waals surface area (Å²) in [6.45, 7) is 6.01. The van der Waals surface area contributed by atoms with Crippen molar-refractivity contribution in [2.45, 2.75) is 20.8 Å². The van der Waals surface area contributed by atoms with Crippen LogP contribution in [0.25, 0.3) is 0 Å². The third-order valence-corrected chi connectivity index (χ3v) is 2.50. The summed E-state index contributed by atoms with van der Waals surface area (Å²) in [5.41, 5.74) is 1.72. The first-order valence-corrected chi connectivity index (χ1v) is 5.40. The standard InChI is InChI=1S/C13H17NO2/c1-4-14(11(3)15)9-13(16)12-7-5-6-10(2)8-12/h5-8H,4,9H2,1-3H3. The fourth-order valence-corrected chi connectivity index (χ4v) is 1.53. The first-order chi connectivity index (χ1) is 7.54. The maximum atomic E-state index is 11.9. The van der Waals surface area contributed by atoms with Crippen molar-refractivity contribution in [1.82, 2.24) is 4.90 Å². The molecule has 0 N–H and O–H groups in total. The van der Waals surface area contributed by atoms with Gasteiger partial charge in [0.05, 0.1) is 6.54 Å². The Labute approximate surface area is 96.1 Å². The first-order valence-electron chi connectivity index (χ1n) is 5.40. The van der Waals surface area contributed by atoms with E-state index in [2.05, 4.69) is 0 Å². The van der Waals surface area contributed by atoms with Gasteiger partial charge in [-0.05, 0) is 19.9 Å². The van der Waals surface area contributed by atoms with E-state index >= 15 is 0 Å². The van der Waals surface area contributed by atoms with Crippen molar-refractivity contribution in [3.8, 4) is 0 Å². The minimum Gasteiger partial charge on any atom is -0.336 e. The summed E-state index contributed by atoms with van der Waals surface area (Å²) in [7, 11) is 0. The molecule has 0 saturated carbocycles. The number of amides is 1. The lowest BCUT2D eigenvalue weighted by molar-refractivity contribution is -0.128. The second-order valence-corrected chi connectivity index (χ2v) is 3.83. The summed E-state index contributed by atoms with van der Waals surface area (Å²) in [4.78, 5) is 24.6. The molecule has 0 spiro atoms. The highest BCUT2D eigenvalue weighted by atomic mass is 16.2. The largest absolute Gasteiger partial charge is 0.336 e. The molecule has 3 heteroatoms. The molecule has 3 nitrogen and oxygen atoms in total. The van der Waals surface area contributed by atoms with Gasteiger partial charge in [-0.2, -0.15) is 0 Å². The second kappa shape index (κ2) is 5.45. The Kier molecular flexibility index (Phi) is 4.23. The number of aryl methyl sites for hydroxylation is 1. The van der Waals surface area contributed by atoms with Crippen LogP contribution in [0.15, 0.2) is 24.3 Å². The lowest BCUT2D eigenvalue weighted by atomic mass is 10.1. The molecule has 0 aliphatic heterocycles. The summed E-state index contributed by atoms with van der Waals surface area (Å²) in [5.74, 6) is -0.0794. The average Bonchev–Trinajstić information content (AvgIpc) is 2.25. The zero-order chi connectivity index (χ0) is 12.1. The number of rotatable bonds is 4. The highest BCUT2D eigenvalue weighted by molar-refractivity contribution is 5.99. The number of carbonyl (C=O) groups excluding carboxylic acids is 2. The zero-order valence-corrected chi connectivity index (χ0v) is 9.99. The van der Waals surface area contributed by atoms with Crippen molar-refractivity contribution < 1.29 is 9.59 Å². The van der Waals surface area contributed by atoms with Crippen LogP contribution in [0.4, 0.5) is 0 Å². The van der Waals surface area contributed by atoms with E-state index in [1.807, 2.05) is 32.0 Å². The Hall–Kier alpha value is -1.64. The van der Waals surface area contributed by atoms with Crippen molar-refractivity contribution in [2.75, 3.05) is 13.1 Å². The molecule has 0 fully saturated rings. The van der Waals surface area contributed by atoms with Crippen LogP contribution in [0.3, 0.4) is 0 Å². The summed E-state index contributed by atoms with van der Waals surface area (Å²) in [6, 6.07) is 7.42. The van der Waals surface area contributed by atoms with Gasteiger partial charge in [-0.15, -0.1) is 0 Å². The number of Topliss-reactive ketones (excluding diaryl/α,β-unsaturated/α-hetero) is 1. The molecule has 16 heavy (non-hydrogen) atoms. The molecule has 0 aliphatic carbocycles. The van der Waals surface area contributed by atoms with Crippen molar-refractivity contribution in [3.63, 3.8) is 0 Å². The van der Waals surface area contributed by atoms with Gasteiger partial charge in [0, 0.05) is 19.0 Å². The van der Waals surface area contributed by atoms with E-state index < -0.39 is 0 Å². The van der Waals surface area contributed by atoms with Gasteiger partial charge >= 0.3 is 0 Å². The highest BCUT2D eigenvalue weighted by Crippen LogP contribution is 2.06. The van der Waals surface area contributed by atoms with Crippen molar-refractivity contribution in [1.29, 1.82) is 0 Å². The topological polar surface area (TPSA) is 37.4 Å². The molecule has 1 amide bonds. The molecular weight excluding hydrogens is 202 g/mol. The molecule has 0 aromatic heterocycles. The third-order valence-electron chi connectivity index (χ3n) is 2.50. The smallest absolute Gasteiger partial charge is 0.219 e. The van der Waals surface area contributed by atoms with E-state index in [-0.39, 0.29) is 18.2 Å². The molecule has 0 unspecified atom stereocenters. The Morgan fingerprint density at radius 1 is 1.31 bits per heavy atom. The molecular formula is C13H17NO2. The van der Waals surface area contributed by atoms with E-state index in [1.165, 1.54) is 11.8 Å². The van der Waals surface area contributed by atoms with Gasteiger partial charge in [-0.25, -0.2) is 0 Å². The molecule has 1 rings (SSSR count). The summed E-state index contributed by atoms with van der Waals surface area (Å²) in [5, 5.41) is 0. The van der Waals surface area contributed by atoms with Gasteiger partial charge < -0.3 is 4.90 Å². The van der Waals surface area contributed by atoms with E-state index in [0.29, 0.717) is 12.1 Å². The van der Waals surface area contributed by atoms with E-state index in [9.17, 15) is 9.59 Å². The molecule has 0 saturated heterocycles. The fourth-order valence-electron chi connectivity index (χ4n) is 1.53. The molecule has 0 bridgehead atoms. The van der Waals surface area contributed by atoms with Crippen molar-refractivity contribution >= 4 is 11.7 Å². The number of likely N-dealkylation sites (N-methyl/N-ethyl adjacent to an activating group) is 1. The zero-order valence-electron chi connectivity index (χ0n) is 9.99. The lowest BCUT2D eigenvalue weighted by Gasteiger charge is -2.17. The van der Waals surface area contributed by atoms with Crippen LogP contribution in [0.1, 0.15) is 29.8 Å². The predicted octanol–water partition coefficient (Wildman–Crippen LogP) is 2.05. The average molecular weight is 219 g/mol. The van der Waals surface area contributed by atoms with Crippen LogP contribution >= 0.6 is 0 Å². The van der Waals surface area contributed by atoms with E-state index in [4.69, 9.17) is 0 Å². The molecule has 0 aliphatic rings. The minimum absolute atomic E-state index is 0.0132. The number of benzene rings is 1. The van der Waals surface area contributed by atoms with Crippen LogP contribution in [-0.2, 0) is 4.79 Å². The quantitative estimate of drug-likeness (QED) is 0.727. The monoisotopic (exact) mass is 219 g/mol. The summed E-state index contributed by atoms with van der Waals surface area (Å²) >= 11 is 0. The van der Waals surface area contributed by atoms with Crippen molar-refractivity contribution in [2.24, 2.45) is 0 Å². The van der Waals surface area contributed by atoms with Gasteiger partial charge in [-0.1, -0.05) is 23.8 Å². The maximum absolute atomic E-state index is 11.9. The van der Waals surface area contributed by atoms with Gasteiger partial charge in [0.2, 0.25) is 5.91 Å². The van der Waals surface area contributed by atoms with Crippen LogP contribution in [0.2, 0.25) is 0 Å². The molecule has 0 atom stereocenters. The van der Waals surface area contributed by atoms with Gasteiger partial charge in [-0.3, -0.25) is 9.59 Å². The van der Waals surface area contributed by atoms with Crippen molar-refractivity contribution in [3.05, 3.63) is 35.4 Å². The minimum atomic E-state index is -0.0662. The summed E-state index contributed by atoms with van der Waals surface area (Å²) in [6.07, 6.45) is 0. The maximum Gasteiger partial charge on any atom is 0.219 e. The van der Waals surface area contributed by atoms with Crippen LogP contribution in [0, 0.1) is 6.92 Å². The van der Waals surface area contributed by atoms with Gasteiger partial charge in [0.25, 0.3) is 0 Å². The first kappa shape index (κ1) is 12.4. The number of hydrogen-bond acceptors (Lipinski definition) is 2. The van der Waals surface area contributed by atoms with Crippen LogP contribution < -0.4 is 0 Å². The second-order valence-electron chi connectivity index (χ2n) is 3.83. The predicted molar refractivity (Wildman–Crippen MR) is 63.4 cm³/mol. The number of ketones is 1. The van der Waals surface area contributed by atoms with E-state index in [0.717, 1.165) is 5.56 Å². The molecule has 1 aromatic carbocycles. The molecule has 0 heterocycles. The Balaban J connectivity index is 2.75. The van der Waals surface area contributed by atoms with Crippen LogP contribution in [-0.4, -0.2) is 29.7 Å². The fraction of sp³-hybridized carbons (Fsp3) is 0.385. The lowest BCUT2D eigenvalue weighted by Crippen LogP contribution is -2.33. The Morgan fingerprint density at radius 3 is 2.50 bits per heavy atom. The molecule has 86 valence electrons. The summed E-state index contributed by atoms with van der Waals surface area (Å²) < 4.78 is 0. The van der Waals surface area contributed by atoms with Crippen LogP contribution in [0.5, 0.6) is 0 Å². The highest BCUT2D eigenvalue weighted by Gasteiger charge is 2.13. The normalized spacial score (nSPS) is 9.94. The number of nitrogens with zero attached hydrogens (tertiary/aromatic N) is 1. The van der Waals surface area contributed by atoms with Gasteiger partial charge in [0.15, 0.2) is 5.78 Å². The molecule has 1 aromatic rings. The molecule has 0 radical (unpaired) electrons. The Morgan fingerprint density at radius 2 is 2.00 bits per heavy atom. The number of carbonyl (C=O) groups is 2. The van der Waals surface area contributed by atoms with Gasteiger partial charge in [0.1, 0.15) is 0 Å². The van der Waals surface area contributed by atoms with E-state index in [1.54, 1.807) is 6.07 Å².